The molecule has 0 bridgehead atoms. The summed E-state index contributed by atoms with van der Waals surface area (Å²) in [5, 5.41) is 0. The normalized spacial score (nSPS) is 14.4. The Kier molecular flexibility index (Phi) is 7.20. The number of nitrogens with zero attached hydrogens (tertiary/aromatic N) is 1. The number of hydrogen-bond acceptors (Lipinski definition) is 1. The second kappa shape index (κ2) is 7.24. The summed E-state index contributed by atoms with van der Waals surface area (Å²) in [4.78, 5) is 0. The maximum Gasteiger partial charge on any atom is 0.102 e. The third-order valence-electron chi connectivity index (χ3n) is 2.69. The van der Waals surface area contributed by atoms with Gasteiger partial charge in [-0.15, -0.1) is 0 Å². The first-order chi connectivity index (χ1) is 6.52. The molecule has 0 saturated heterocycles. The first kappa shape index (κ1) is 13.9. The van der Waals surface area contributed by atoms with Crippen molar-refractivity contribution < 1.29 is 9.22 Å². The molecule has 2 nitrogen and oxygen atoms in total. The van der Waals surface area contributed by atoms with E-state index in [9.17, 15) is 0 Å². The Bertz CT molecular complexity index is 134. The quantitative estimate of drug-likeness (QED) is 0.434. The van der Waals surface area contributed by atoms with Crippen LogP contribution in [0.2, 0.25) is 0 Å². The molecule has 0 N–H and O–H groups in total. The Morgan fingerprint density at radius 2 is 1.79 bits per heavy atom. The third kappa shape index (κ3) is 7.34. The zero-order chi connectivity index (χ0) is 11.0. The Morgan fingerprint density at radius 1 is 1.14 bits per heavy atom. The van der Waals surface area contributed by atoms with E-state index in [0.29, 0.717) is 0 Å². The molecule has 2 heteroatoms. The summed E-state index contributed by atoms with van der Waals surface area (Å²) in [5.41, 5.74) is 0. The average molecular weight is 202 g/mol. The zero-order valence-corrected chi connectivity index (χ0v) is 10.7. The van der Waals surface area contributed by atoms with E-state index >= 15 is 0 Å². The molecule has 0 aliphatic heterocycles. The highest BCUT2D eigenvalue weighted by Gasteiger charge is 2.17. The Hall–Kier alpha value is -0.0800. The van der Waals surface area contributed by atoms with E-state index in [0.717, 1.165) is 36.6 Å². The van der Waals surface area contributed by atoms with E-state index in [1.165, 1.54) is 13.0 Å². The second-order valence-electron chi connectivity index (χ2n) is 4.97. The summed E-state index contributed by atoms with van der Waals surface area (Å²) < 4.78 is 6.60. The van der Waals surface area contributed by atoms with Crippen LogP contribution in [0.4, 0.5) is 0 Å². The summed E-state index contributed by atoms with van der Waals surface area (Å²) in [7, 11) is 4.59. The smallest absolute Gasteiger partial charge is 0.102 e. The Balaban J connectivity index is 3.60. The molecular weight excluding hydrogens is 174 g/mol. The molecule has 0 amide bonds. The van der Waals surface area contributed by atoms with Crippen LogP contribution in [-0.2, 0) is 4.74 Å². The lowest BCUT2D eigenvalue weighted by Gasteiger charge is -2.32. The number of rotatable bonds is 8. The Labute approximate surface area is 89.8 Å². The molecule has 1 atom stereocenters. The van der Waals surface area contributed by atoms with Crippen molar-refractivity contribution in [1.29, 1.82) is 0 Å². The summed E-state index contributed by atoms with van der Waals surface area (Å²) in [6, 6.07) is 0. The van der Waals surface area contributed by atoms with Crippen LogP contribution in [0, 0.1) is 5.92 Å². The average Bonchev–Trinajstić information content (AvgIpc) is 2.12. The molecule has 0 heterocycles. The van der Waals surface area contributed by atoms with Gasteiger partial charge in [0.05, 0.1) is 27.2 Å². The van der Waals surface area contributed by atoms with Gasteiger partial charge in [-0.2, -0.15) is 0 Å². The summed E-state index contributed by atoms with van der Waals surface area (Å²) in [6.07, 6.45) is 2.40. The van der Waals surface area contributed by atoms with E-state index < -0.39 is 0 Å². The maximum absolute atomic E-state index is 5.52. The van der Waals surface area contributed by atoms with Crippen LogP contribution in [-0.4, -0.2) is 44.9 Å². The van der Waals surface area contributed by atoms with Crippen molar-refractivity contribution in [3.8, 4) is 0 Å². The summed E-state index contributed by atoms with van der Waals surface area (Å²) >= 11 is 0. The fraction of sp³-hybridized carbons (Fsp3) is 1.00. The largest absolute Gasteiger partial charge is 0.376 e. The van der Waals surface area contributed by atoms with E-state index in [1.807, 2.05) is 0 Å². The minimum atomic E-state index is 0.816. The lowest BCUT2D eigenvalue weighted by atomic mass is 10.1. The molecule has 0 aliphatic carbocycles. The van der Waals surface area contributed by atoms with Gasteiger partial charge < -0.3 is 9.22 Å². The van der Waals surface area contributed by atoms with Crippen molar-refractivity contribution >= 4 is 0 Å². The van der Waals surface area contributed by atoms with E-state index in [-0.39, 0.29) is 0 Å². The van der Waals surface area contributed by atoms with Crippen LogP contribution in [0.5, 0.6) is 0 Å². The number of hydrogen-bond donors (Lipinski definition) is 0. The van der Waals surface area contributed by atoms with E-state index in [4.69, 9.17) is 4.74 Å². The van der Waals surface area contributed by atoms with E-state index in [2.05, 4.69) is 34.9 Å². The molecular formula is C12H28NO+. The van der Waals surface area contributed by atoms with Crippen molar-refractivity contribution in [3.05, 3.63) is 0 Å². The topological polar surface area (TPSA) is 9.23 Å². The van der Waals surface area contributed by atoms with Crippen LogP contribution in [0.25, 0.3) is 0 Å². The number of ether oxygens (including phenoxy) is 1. The summed E-state index contributed by atoms with van der Waals surface area (Å²) in [6.45, 7) is 10.9. The number of quaternary nitrogens is 1. The molecule has 86 valence electrons. The highest BCUT2D eigenvalue weighted by molar-refractivity contribution is 4.47. The lowest BCUT2D eigenvalue weighted by Crippen LogP contribution is -2.45. The van der Waals surface area contributed by atoms with Gasteiger partial charge in [0.2, 0.25) is 0 Å². The predicted molar refractivity (Wildman–Crippen MR) is 62.4 cm³/mol. The molecule has 0 aromatic heterocycles. The monoisotopic (exact) mass is 202 g/mol. The van der Waals surface area contributed by atoms with Gasteiger partial charge in [-0.05, 0) is 12.8 Å². The second-order valence-corrected chi connectivity index (χ2v) is 4.97. The maximum atomic E-state index is 5.52. The van der Waals surface area contributed by atoms with Crippen molar-refractivity contribution in [1.82, 2.24) is 0 Å². The van der Waals surface area contributed by atoms with Crippen LogP contribution < -0.4 is 0 Å². The van der Waals surface area contributed by atoms with Gasteiger partial charge in [0, 0.05) is 12.5 Å². The standard InChI is InChI=1S/C12H28NO/c1-6-9-14-10-8-13(4,5)11-12(3)7-2/h12H,6-11H2,1-5H3/q+1. The molecule has 0 saturated carbocycles. The fourth-order valence-corrected chi connectivity index (χ4v) is 1.62. The molecule has 0 rings (SSSR count). The SMILES string of the molecule is CCCOCC[N+](C)(C)CC(C)CC. The van der Waals surface area contributed by atoms with Crippen LogP contribution in [0.1, 0.15) is 33.6 Å². The number of likely N-dealkylation sites (N-methyl/N-ethyl adjacent to an activating group) is 1. The van der Waals surface area contributed by atoms with Gasteiger partial charge in [0.1, 0.15) is 6.54 Å². The predicted octanol–water partition coefficient (Wildman–Crippen LogP) is 2.54. The first-order valence-electron chi connectivity index (χ1n) is 5.91. The third-order valence-corrected chi connectivity index (χ3v) is 2.69. The molecule has 0 radical (unpaired) electrons. The van der Waals surface area contributed by atoms with Gasteiger partial charge in [-0.3, -0.25) is 0 Å². The first-order valence-corrected chi connectivity index (χ1v) is 5.91. The molecule has 0 aromatic rings. The van der Waals surface area contributed by atoms with Crippen molar-refractivity contribution in [2.24, 2.45) is 5.92 Å². The molecule has 0 aliphatic rings. The molecule has 14 heavy (non-hydrogen) atoms. The van der Waals surface area contributed by atoms with E-state index in [1.54, 1.807) is 0 Å². The van der Waals surface area contributed by atoms with Crippen LogP contribution in [0.3, 0.4) is 0 Å². The van der Waals surface area contributed by atoms with Crippen molar-refractivity contribution in [2.45, 2.75) is 33.6 Å². The van der Waals surface area contributed by atoms with Gasteiger partial charge in [0.25, 0.3) is 0 Å². The summed E-state index contributed by atoms with van der Waals surface area (Å²) in [5.74, 6) is 0.816. The minimum absolute atomic E-state index is 0.816. The molecule has 1 unspecified atom stereocenters. The van der Waals surface area contributed by atoms with Crippen LogP contribution in [0.15, 0.2) is 0 Å². The minimum Gasteiger partial charge on any atom is -0.376 e. The fourth-order valence-electron chi connectivity index (χ4n) is 1.62. The highest BCUT2D eigenvalue weighted by Crippen LogP contribution is 2.08. The zero-order valence-electron chi connectivity index (χ0n) is 10.7. The highest BCUT2D eigenvalue weighted by atomic mass is 16.5. The van der Waals surface area contributed by atoms with Gasteiger partial charge in [0.15, 0.2) is 0 Å². The van der Waals surface area contributed by atoms with Crippen molar-refractivity contribution in [3.63, 3.8) is 0 Å². The lowest BCUT2D eigenvalue weighted by molar-refractivity contribution is -0.893. The molecule has 0 fully saturated rings. The van der Waals surface area contributed by atoms with Gasteiger partial charge >= 0.3 is 0 Å². The molecule has 0 spiro atoms. The molecule has 0 aromatic carbocycles. The van der Waals surface area contributed by atoms with Gasteiger partial charge in [-0.1, -0.05) is 20.8 Å². The Morgan fingerprint density at radius 3 is 2.29 bits per heavy atom. The van der Waals surface area contributed by atoms with Crippen molar-refractivity contribution in [2.75, 3.05) is 40.4 Å². The van der Waals surface area contributed by atoms with Gasteiger partial charge in [-0.25, -0.2) is 0 Å². The van der Waals surface area contributed by atoms with Crippen LogP contribution >= 0.6 is 0 Å².